The average Bonchev–Trinajstić information content (AvgIpc) is 2.54. The molecule has 6 nitrogen and oxygen atoms in total. The molecule has 22 heavy (non-hydrogen) atoms. The number of esters is 2. The van der Waals surface area contributed by atoms with E-state index in [1.54, 1.807) is 25.3 Å². The minimum absolute atomic E-state index is 0.101. The average molecular weight is 306 g/mol. The highest BCUT2D eigenvalue weighted by Crippen LogP contribution is 2.29. The molecule has 0 bridgehead atoms. The van der Waals surface area contributed by atoms with Gasteiger partial charge >= 0.3 is 11.9 Å². The van der Waals surface area contributed by atoms with Gasteiger partial charge in [-0.3, -0.25) is 4.79 Å². The van der Waals surface area contributed by atoms with E-state index in [2.05, 4.69) is 4.98 Å². The number of anilines is 1. The zero-order valence-corrected chi connectivity index (χ0v) is 13.2. The first-order chi connectivity index (χ1) is 10.6. The summed E-state index contributed by atoms with van der Waals surface area (Å²) < 4.78 is 9.93. The Balaban J connectivity index is 2.17. The summed E-state index contributed by atoms with van der Waals surface area (Å²) in [4.78, 5) is 30.2. The second-order valence-electron chi connectivity index (χ2n) is 5.44. The van der Waals surface area contributed by atoms with E-state index in [0.717, 1.165) is 0 Å². The number of ether oxygens (including phenoxy) is 2. The molecule has 0 radical (unpaired) electrons. The van der Waals surface area contributed by atoms with Crippen LogP contribution in [0.3, 0.4) is 0 Å². The first-order valence-electron chi connectivity index (χ1n) is 7.53. The van der Waals surface area contributed by atoms with Crippen molar-refractivity contribution < 1.29 is 19.1 Å². The molecule has 6 heteroatoms. The molecule has 1 aromatic heterocycles. The van der Waals surface area contributed by atoms with Crippen molar-refractivity contribution in [1.29, 1.82) is 0 Å². The maximum absolute atomic E-state index is 12.0. The lowest BCUT2D eigenvalue weighted by Gasteiger charge is -2.36. The van der Waals surface area contributed by atoms with Gasteiger partial charge in [0.1, 0.15) is 11.4 Å². The number of piperidine rings is 1. The van der Waals surface area contributed by atoms with E-state index in [0.29, 0.717) is 37.5 Å². The molecule has 0 saturated carbocycles. The molecular weight excluding hydrogens is 284 g/mol. The number of aromatic nitrogens is 1. The van der Waals surface area contributed by atoms with Crippen molar-refractivity contribution in [3.05, 3.63) is 23.9 Å². The lowest BCUT2D eigenvalue weighted by atomic mass is 9.87. The van der Waals surface area contributed by atoms with Gasteiger partial charge in [0, 0.05) is 19.3 Å². The zero-order chi connectivity index (χ0) is 16.1. The highest BCUT2D eigenvalue weighted by Gasteiger charge is 2.33. The minimum Gasteiger partial charge on any atom is -0.469 e. The lowest BCUT2D eigenvalue weighted by molar-refractivity contribution is -0.147. The van der Waals surface area contributed by atoms with Gasteiger partial charge in [-0.2, -0.15) is 0 Å². The Morgan fingerprint density at radius 2 is 2.23 bits per heavy atom. The number of hydrogen-bond acceptors (Lipinski definition) is 6. The number of carbonyl (C=O) groups excluding carboxylic acids is 2. The Bertz CT molecular complexity index is 547. The highest BCUT2D eigenvalue weighted by atomic mass is 16.5. The fourth-order valence-corrected chi connectivity index (χ4v) is 2.86. The van der Waals surface area contributed by atoms with Crippen molar-refractivity contribution in [3.8, 4) is 0 Å². The number of nitrogens with zero attached hydrogens (tertiary/aromatic N) is 2. The monoisotopic (exact) mass is 306 g/mol. The summed E-state index contributed by atoms with van der Waals surface area (Å²) in [5.74, 6) is 0.123. The zero-order valence-electron chi connectivity index (χ0n) is 13.2. The summed E-state index contributed by atoms with van der Waals surface area (Å²) >= 11 is 0. The first-order valence-corrected chi connectivity index (χ1v) is 7.53. The maximum Gasteiger partial charge on any atom is 0.341 e. The predicted octanol–water partition coefficient (Wildman–Crippen LogP) is 1.89. The maximum atomic E-state index is 12.0. The molecule has 120 valence electrons. The second kappa shape index (κ2) is 7.24. The van der Waals surface area contributed by atoms with Gasteiger partial charge in [-0.05, 0) is 31.4 Å². The van der Waals surface area contributed by atoms with Crippen molar-refractivity contribution in [2.24, 2.45) is 11.8 Å². The normalized spacial score (nSPS) is 21.3. The van der Waals surface area contributed by atoms with Gasteiger partial charge in [0.25, 0.3) is 0 Å². The molecule has 2 rings (SSSR count). The summed E-state index contributed by atoms with van der Waals surface area (Å²) in [6, 6.07) is 3.44. The Kier molecular flexibility index (Phi) is 5.35. The van der Waals surface area contributed by atoms with Crippen LogP contribution in [-0.4, -0.2) is 43.7 Å². The number of carbonyl (C=O) groups is 2. The van der Waals surface area contributed by atoms with Crippen LogP contribution in [0.25, 0.3) is 0 Å². The Morgan fingerprint density at radius 1 is 1.45 bits per heavy atom. The van der Waals surface area contributed by atoms with Crippen LogP contribution in [-0.2, 0) is 14.3 Å². The molecule has 0 amide bonds. The molecular formula is C16H22N2O4. The number of rotatable bonds is 4. The van der Waals surface area contributed by atoms with E-state index in [9.17, 15) is 9.59 Å². The standard InChI is InChI=1S/C16H22N2O4/c1-4-22-16(20)13-6-5-8-17-14(13)18-9-7-12(11(2)10-18)15(19)21-3/h5-6,8,11-12H,4,7,9-10H2,1-3H3/t11-,12-/m0/s1. The molecule has 0 spiro atoms. The Hall–Kier alpha value is -2.11. The number of pyridine rings is 1. The number of hydrogen-bond donors (Lipinski definition) is 0. The van der Waals surface area contributed by atoms with Crippen LogP contribution in [0.15, 0.2) is 18.3 Å². The van der Waals surface area contributed by atoms with Gasteiger partial charge in [-0.25, -0.2) is 9.78 Å². The van der Waals surface area contributed by atoms with E-state index in [4.69, 9.17) is 9.47 Å². The molecule has 1 saturated heterocycles. The molecule has 1 aliphatic rings. The molecule has 2 atom stereocenters. The summed E-state index contributed by atoms with van der Waals surface area (Å²) in [6.07, 6.45) is 2.35. The van der Waals surface area contributed by atoms with Gasteiger partial charge in [-0.1, -0.05) is 6.92 Å². The largest absolute Gasteiger partial charge is 0.469 e. The molecule has 0 aromatic carbocycles. The fraction of sp³-hybridized carbons (Fsp3) is 0.562. The molecule has 2 heterocycles. The van der Waals surface area contributed by atoms with Crippen LogP contribution in [0.1, 0.15) is 30.6 Å². The summed E-state index contributed by atoms with van der Waals surface area (Å²) in [5, 5.41) is 0. The quantitative estimate of drug-likeness (QED) is 0.791. The molecule has 1 fully saturated rings. The smallest absolute Gasteiger partial charge is 0.341 e. The van der Waals surface area contributed by atoms with Gasteiger partial charge in [0.15, 0.2) is 0 Å². The van der Waals surface area contributed by atoms with Crippen molar-refractivity contribution >= 4 is 17.8 Å². The molecule has 1 aromatic rings. The van der Waals surface area contributed by atoms with Crippen LogP contribution in [0.5, 0.6) is 0 Å². The van der Waals surface area contributed by atoms with E-state index in [1.807, 2.05) is 11.8 Å². The van der Waals surface area contributed by atoms with E-state index in [-0.39, 0.29) is 23.8 Å². The van der Waals surface area contributed by atoms with Crippen LogP contribution in [0.2, 0.25) is 0 Å². The van der Waals surface area contributed by atoms with E-state index >= 15 is 0 Å². The highest BCUT2D eigenvalue weighted by molar-refractivity contribution is 5.94. The third-order valence-corrected chi connectivity index (χ3v) is 3.99. The topological polar surface area (TPSA) is 68.7 Å². The van der Waals surface area contributed by atoms with Gasteiger partial charge in [-0.15, -0.1) is 0 Å². The van der Waals surface area contributed by atoms with Crippen LogP contribution < -0.4 is 4.90 Å². The van der Waals surface area contributed by atoms with Crippen LogP contribution >= 0.6 is 0 Å². The molecule has 0 unspecified atom stereocenters. The van der Waals surface area contributed by atoms with E-state index < -0.39 is 0 Å². The van der Waals surface area contributed by atoms with Crippen molar-refractivity contribution in [2.75, 3.05) is 31.7 Å². The SMILES string of the molecule is CCOC(=O)c1cccnc1N1CC[C@H](C(=O)OC)[C@@H](C)C1. The summed E-state index contributed by atoms with van der Waals surface area (Å²) in [6.45, 7) is 5.43. The molecule has 1 aliphatic heterocycles. The Morgan fingerprint density at radius 3 is 2.86 bits per heavy atom. The van der Waals surface area contributed by atoms with Gasteiger partial charge in [0.05, 0.1) is 19.6 Å². The van der Waals surface area contributed by atoms with Crippen LogP contribution in [0.4, 0.5) is 5.82 Å². The predicted molar refractivity (Wildman–Crippen MR) is 81.7 cm³/mol. The summed E-state index contributed by atoms with van der Waals surface area (Å²) in [5.41, 5.74) is 0.466. The summed E-state index contributed by atoms with van der Waals surface area (Å²) in [7, 11) is 1.42. The van der Waals surface area contributed by atoms with Gasteiger partial charge in [0.2, 0.25) is 0 Å². The lowest BCUT2D eigenvalue weighted by Crippen LogP contribution is -2.43. The third kappa shape index (κ3) is 3.37. The Labute approximate surface area is 130 Å². The molecule has 0 N–H and O–H groups in total. The number of methoxy groups -OCH3 is 1. The minimum atomic E-state index is -0.367. The molecule has 0 aliphatic carbocycles. The van der Waals surface area contributed by atoms with Gasteiger partial charge < -0.3 is 14.4 Å². The fourth-order valence-electron chi connectivity index (χ4n) is 2.86. The van der Waals surface area contributed by atoms with E-state index in [1.165, 1.54) is 7.11 Å². The van der Waals surface area contributed by atoms with Crippen molar-refractivity contribution in [3.63, 3.8) is 0 Å². The second-order valence-corrected chi connectivity index (χ2v) is 5.44. The first kappa shape index (κ1) is 16.3. The van der Waals surface area contributed by atoms with Crippen LogP contribution in [0, 0.1) is 11.8 Å². The van der Waals surface area contributed by atoms with Crippen molar-refractivity contribution in [1.82, 2.24) is 4.98 Å². The third-order valence-electron chi connectivity index (χ3n) is 3.99. The van der Waals surface area contributed by atoms with Crippen molar-refractivity contribution in [2.45, 2.75) is 20.3 Å².